The van der Waals surface area contributed by atoms with Crippen molar-refractivity contribution in [2.24, 2.45) is 0 Å². The van der Waals surface area contributed by atoms with Crippen LogP contribution in [0, 0.1) is 6.92 Å². The van der Waals surface area contributed by atoms with Gasteiger partial charge in [-0.3, -0.25) is 0 Å². The molecule has 0 unspecified atom stereocenters. The fourth-order valence-corrected chi connectivity index (χ4v) is 5.13. The first-order chi connectivity index (χ1) is 16.8. The van der Waals surface area contributed by atoms with Crippen molar-refractivity contribution in [3.05, 3.63) is 46.3 Å². The highest BCUT2D eigenvalue weighted by molar-refractivity contribution is 5.98. The van der Waals surface area contributed by atoms with E-state index in [0.29, 0.717) is 65.4 Å². The van der Waals surface area contributed by atoms with Crippen LogP contribution < -0.4 is 20.9 Å². The van der Waals surface area contributed by atoms with E-state index in [1.54, 1.807) is 13.8 Å². The maximum atomic E-state index is 13.6. The average Bonchev–Trinajstić information content (AvgIpc) is 3.39. The molecule has 2 aromatic carbocycles. The van der Waals surface area contributed by atoms with Crippen molar-refractivity contribution >= 4 is 22.4 Å². The predicted molar refractivity (Wildman–Crippen MR) is 130 cm³/mol. The highest BCUT2D eigenvalue weighted by Gasteiger charge is 2.40. The smallest absolute Gasteiger partial charge is 0.416 e. The summed E-state index contributed by atoms with van der Waals surface area (Å²) in [4.78, 5) is 9.09. The van der Waals surface area contributed by atoms with Crippen molar-refractivity contribution in [2.45, 2.75) is 64.3 Å². The Balaban J connectivity index is 1.81. The van der Waals surface area contributed by atoms with Crippen LogP contribution >= 0.6 is 0 Å². The molecule has 0 radical (unpaired) electrons. The van der Waals surface area contributed by atoms with E-state index in [4.69, 9.17) is 30.7 Å². The van der Waals surface area contributed by atoms with Crippen LogP contribution in [0.25, 0.3) is 10.9 Å². The van der Waals surface area contributed by atoms with Crippen LogP contribution in [0.2, 0.25) is 0 Å². The Morgan fingerprint density at radius 1 is 1.17 bits per heavy atom. The Labute approximate surface area is 206 Å². The highest BCUT2D eigenvalue weighted by atomic mass is 19.4. The maximum absolute atomic E-state index is 13.6. The number of hydrogen-bond acceptors (Lipinski definition) is 7. The number of halogens is 3. The number of nitrogens with two attached hydrogens (primary N) is 2. The van der Waals surface area contributed by atoms with Crippen LogP contribution in [0.4, 0.5) is 24.7 Å². The lowest BCUT2D eigenvalue weighted by Crippen LogP contribution is -2.25. The zero-order valence-electron chi connectivity index (χ0n) is 20.6. The lowest BCUT2D eigenvalue weighted by Gasteiger charge is -2.26. The van der Waals surface area contributed by atoms with E-state index < -0.39 is 23.3 Å². The number of nitrogens with zero attached hydrogens (tertiary/aromatic N) is 2. The number of alkyl halides is 3. The molecule has 1 aromatic heterocycles. The molecule has 4 N–H and O–H groups in total. The van der Waals surface area contributed by atoms with Crippen LogP contribution in [0.15, 0.2) is 18.2 Å². The van der Waals surface area contributed by atoms with Crippen molar-refractivity contribution < 1.29 is 27.4 Å². The number of fused-ring (bicyclic) bond motifs is 3. The van der Waals surface area contributed by atoms with Crippen molar-refractivity contribution in [1.29, 1.82) is 0 Å². The summed E-state index contributed by atoms with van der Waals surface area (Å²) in [7, 11) is 0. The molecule has 0 amide bonds. The molecule has 2 atom stereocenters. The Morgan fingerprint density at radius 3 is 2.58 bits per heavy atom. The number of aromatic nitrogens is 2. The Bertz CT molecular complexity index is 1350. The second-order valence-electron chi connectivity index (χ2n) is 10.2. The van der Waals surface area contributed by atoms with E-state index in [1.165, 1.54) is 6.07 Å². The van der Waals surface area contributed by atoms with Crippen molar-refractivity contribution in [1.82, 2.24) is 9.97 Å². The van der Waals surface area contributed by atoms with Crippen LogP contribution in [-0.4, -0.2) is 34.9 Å². The molecule has 10 heteroatoms. The number of anilines is 2. The topological polar surface area (TPSA) is 106 Å². The van der Waals surface area contributed by atoms with E-state index in [1.807, 2.05) is 13.8 Å². The molecule has 3 aromatic rings. The van der Waals surface area contributed by atoms with E-state index >= 15 is 0 Å². The summed E-state index contributed by atoms with van der Waals surface area (Å²) in [5.41, 5.74) is 13.4. The second kappa shape index (κ2) is 8.40. The summed E-state index contributed by atoms with van der Waals surface area (Å²) in [6, 6.07) is 3.58. The van der Waals surface area contributed by atoms with Crippen molar-refractivity contribution in [3.8, 4) is 11.5 Å². The SMILES string of the molecule is Cc1nc(N)c2c([C@H](C)c3cc(N)cc(C(F)(F)F)c3)c(O[C@H]3CCOC3)c3c(c2n1)CC(C)(C)O3. The van der Waals surface area contributed by atoms with Crippen molar-refractivity contribution in [2.75, 3.05) is 24.7 Å². The molecule has 3 heterocycles. The van der Waals surface area contributed by atoms with Crippen molar-refractivity contribution in [3.63, 3.8) is 0 Å². The van der Waals surface area contributed by atoms with Gasteiger partial charge in [-0.05, 0) is 44.5 Å². The normalized spacial score (nSPS) is 19.8. The number of rotatable bonds is 4. The fourth-order valence-electron chi connectivity index (χ4n) is 5.13. The monoisotopic (exact) mass is 502 g/mol. The van der Waals surface area contributed by atoms with Gasteiger partial charge in [0, 0.05) is 35.6 Å². The lowest BCUT2D eigenvalue weighted by atomic mass is 9.86. The van der Waals surface area contributed by atoms with Gasteiger partial charge in [-0.1, -0.05) is 6.92 Å². The summed E-state index contributed by atoms with van der Waals surface area (Å²) in [6.45, 7) is 8.45. The van der Waals surface area contributed by atoms with Gasteiger partial charge in [0.05, 0.1) is 29.7 Å². The number of ether oxygens (including phenoxy) is 3. The van der Waals surface area contributed by atoms with Gasteiger partial charge in [-0.25, -0.2) is 9.97 Å². The molecular weight excluding hydrogens is 473 g/mol. The second-order valence-corrected chi connectivity index (χ2v) is 10.2. The molecule has 36 heavy (non-hydrogen) atoms. The van der Waals surface area contributed by atoms with Gasteiger partial charge >= 0.3 is 6.18 Å². The van der Waals surface area contributed by atoms with Gasteiger partial charge < -0.3 is 25.7 Å². The van der Waals surface area contributed by atoms with Gasteiger partial charge in [-0.15, -0.1) is 0 Å². The third-order valence-electron chi connectivity index (χ3n) is 6.72. The molecule has 0 aliphatic carbocycles. The Morgan fingerprint density at radius 2 is 1.92 bits per heavy atom. The first kappa shape index (κ1) is 24.4. The molecule has 2 aliphatic rings. The molecule has 0 spiro atoms. The minimum Gasteiger partial charge on any atom is -0.484 e. The summed E-state index contributed by atoms with van der Waals surface area (Å²) >= 11 is 0. The molecule has 0 bridgehead atoms. The lowest BCUT2D eigenvalue weighted by molar-refractivity contribution is -0.137. The number of nitrogen functional groups attached to an aromatic ring is 2. The van der Waals surface area contributed by atoms with E-state index in [2.05, 4.69) is 4.98 Å². The highest BCUT2D eigenvalue weighted by Crippen LogP contribution is 2.53. The number of aryl methyl sites for hydroxylation is 1. The van der Waals surface area contributed by atoms with E-state index in [9.17, 15) is 13.2 Å². The van der Waals surface area contributed by atoms with E-state index in [-0.39, 0.29) is 17.6 Å². The quantitative estimate of drug-likeness (QED) is 0.475. The largest absolute Gasteiger partial charge is 0.484 e. The zero-order valence-corrected chi connectivity index (χ0v) is 20.6. The molecule has 2 aliphatic heterocycles. The fraction of sp³-hybridized carbons (Fsp3) is 0.462. The zero-order chi connectivity index (χ0) is 26.0. The molecule has 0 saturated carbocycles. The predicted octanol–water partition coefficient (Wildman–Crippen LogP) is 5.15. The Kier molecular flexibility index (Phi) is 5.70. The van der Waals surface area contributed by atoms with Crippen LogP contribution in [0.1, 0.15) is 61.2 Å². The Hall–Kier alpha value is -3.27. The third-order valence-corrected chi connectivity index (χ3v) is 6.72. The summed E-state index contributed by atoms with van der Waals surface area (Å²) in [5, 5.41) is 0.554. The van der Waals surface area contributed by atoms with Gasteiger partial charge in [0.25, 0.3) is 0 Å². The molecular formula is C26H29F3N4O3. The maximum Gasteiger partial charge on any atom is 0.416 e. The van der Waals surface area contributed by atoms with Gasteiger partial charge in [0.2, 0.25) is 0 Å². The van der Waals surface area contributed by atoms with Crippen LogP contribution in [0.3, 0.4) is 0 Å². The molecule has 1 fully saturated rings. The molecule has 5 rings (SSSR count). The van der Waals surface area contributed by atoms with Gasteiger partial charge in [0.1, 0.15) is 23.3 Å². The first-order valence-corrected chi connectivity index (χ1v) is 11.9. The molecule has 7 nitrogen and oxygen atoms in total. The molecule has 1 saturated heterocycles. The minimum atomic E-state index is -4.54. The minimum absolute atomic E-state index is 0.0150. The van der Waals surface area contributed by atoms with Crippen LogP contribution in [0.5, 0.6) is 11.5 Å². The molecule has 192 valence electrons. The average molecular weight is 503 g/mol. The van der Waals surface area contributed by atoms with E-state index in [0.717, 1.165) is 17.7 Å². The third kappa shape index (κ3) is 4.27. The summed E-state index contributed by atoms with van der Waals surface area (Å²) in [6.07, 6.45) is -3.53. The van der Waals surface area contributed by atoms with Crippen LogP contribution in [-0.2, 0) is 17.3 Å². The number of hydrogen-bond donors (Lipinski definition) is 2. The summed E-state index contributed by atoms with van der Waals surface area (Å²) < 4.78 is 59.3. The number of benzene rings is 2. The van der Waals surface area contributed by atoms with Gasteiger partial charge in [0.15, 0.2) is 11.5 Å². The summed E-state index contributed by atoms with van der Waals surface area (Å²) in [5.74, 6) is 1.12. The first-order valence-electron chi connectivity index (χ1n) is 11.9. The standard InChI is InChI=1S/C26H29F3N4O3/c1-12(14-7-15(26(27,28)29)9-16(30)8-14)19-20-21(32-13(2)33-24(20)31)18-10-25(3,4)36-22(18)23(19)35-17-5-6-34-11-17/h7-9,12,17H,5-6,10-11,30H2,1-4H3,(H2,31,32,33)/t12-,17+/m1/s1. The van der Waals surface area contributed by atoms with Gasteiger partial charge in [-0.2, -0.15) is 13.2 Å².